The normalized spacial score (nSPS) is 14.2. The average molecular weight is 331 g/mol. The molecule has 3 nitrogen and oxygen atoms in total. The van der Waals surface area contributed by atoms with Crippen molar-refractivity contribution in [3.8, 4) is 5.75 Å². The number of ether oxygens (including phenoxy) is 1. The SMILES string of the molecule is COc1ccc(C(O)c2ccccc2N2Cc3ccccc3C2)cc1. The third kappa shape index (κ3) is 2.99. The van der Waals surface area contributed by atoms with E-state index < -0.39 is 6.10 Å². The van der Waals surface area contributed by atoms with Crippen molar-refractivity contribution in [3.63, 3.8) is 0 Å². The molecule has 0 spiro atoms. The fraction of sp³-hybridized carbons (Fsp3) is 0.182. The number of aliphatic hydroxyl groups excluding tert-OH is 1. The lowest BCUT2D eigenvalue weighted by atomic mass is 9.99. The molecule has 1 aliphatic rings. The van der Waals surface area contributed by atoms with E-state index in [9.17, 15) is 5.11 Å². The van der Waals surface area contributed by atoms with Crippen molar-refractivity contribution in [3.05, 3.63) is 95.1 Å². The van der Waals surface area contributed by atoms with Crippen LogP contribution >= 0.6 is 0 Å². The lowest BCUT2D eigenvalue weighted by Gasteiger charge is -2.24. The second-order valence-corrected chi connectivity index (χ2v) is 6.36. The van der Waals surface area contributed by atoms with Crippen molar-refractivity contribution >= 4 is 5.69 Å². The molecule has 0 amide bonds. The summed E-state index contributed by atoms with van der Waals surface area (Å²) >= 11 is 0. The van der Waals surface area contributed by atoms with Gasteiger partial charge in [0, 0.05) is 24.3 Å². The molecule has 3 aromatic carbocycles. The first-order valence-electron chi connectivity index (χ1n) is 8.49. The summed E-state index contributed by atoms with van der Waals surface area (Å²) in [7, 11) is 1.64. The molecule has 3 heteroatoms. The van der Waals surface area contributed by atoms with Gasteiger partial charge < -0.3 is 14.7 Å². The van der Waals surface area contributed by atoms with Gasteiger partial charge in [0.05, 0.1) is 7.11 Å². The third-order valence-electron chi connectivity index (χ3n) is 4.84. The number of benzene rings is 3. The second-order valence-electron chi connectivity index (χ2n) is 6.36. The Morgan fingerprint density at radius 1 is 0.840 bits per heavy atom. The monoisotopic (exact) mass is 331 g/mol. The number of hydrogen-bond acceptors (Lipinski definition) is 3. The zero-order chi connectivity index (χ0) is 17.2. The molecule has 1 N–H and O–H groups in total. The summed E-state index contributed by atoms with van der Waals surface area (Å²) in [5.41, 5.74) is 5.60. The molecule has 126 valence electrons. The zero-order valence-electron chi connectivity index (χ0n) is 14.2. The van der Waals surface area contributed by atoms with E-state index in [1.807, 2.05) is 42.5 Å². The molecule has 1 aliphatic heterocycles. The fourth-order valence-electron chi connectivity index (χ4n) is 3.48. The third-order valence-corrected chi connectivity index (χ3v) is 4.84. The summed E-state index contributed by atoms with van der Waals surface area (Å²) in [4.78, 5) is 2.33. The number of fused-ring (bicyclic) bond motifs is 1. The van der Waals surface area contributed by atoms with Gasteiger partial charge >= 0.3 is 0 Å². The Morgan fingerprint density at radius 3 is 2.08 bits per heavy atom. The lowest BCUT2D eigenvalue weighted by Crippen LogP contribution is -2.17. The Balaban J connectivity index is 1.65. The van der Waals surface area contributed by atoms with Crippen LogP contribution in [-0.4, -0.2) is 12.2 Å². The van der Waals surface area contributed by atoms with Crippen molar-refractivity contribution < 1.29 is 9.84 Å². The summed E-state index contributed by atoms with van der Waals surface area (Å²) in [5.74, 6) is 0.791. The molecule has 0 saturated carbocycles. The van der Waals surface area contributed by atoms with E-state index in [1.54, 1.807) is 7.11 Å². The van der Waals surface area contributed by atoms with Crippen LogP contribution < -0.4 is 9.64 Å². The fourth-order valence-corrected chi connectivity index (χ4v) is 3.48. The Kier molecular flexibility index (Phi) is 4.16. The smallest absolute Gasteiger partial charge is 0.118 e. The second kappa shape index (κ2) is 6.61. The Hall–Kier alpha value is -2.78. The molecule has 0 aromatic heterocycles. The summed E-state index contributed by atoms with van der Waals surface area (Å²) in [5, 5.41) is 10.9. The largest absolute Gasteiger partial charge is 0.497 e. The molecule has 1 unspecified atom stereocenters. The number of para-hydroxylation sites is 1. The van der Waals surface area contributed by atoms with Gasteiger partial charge in [-0.15, -0.1) is 0 Å². The van der Waals surface area contributed by atoms with Crippen molar-refractivity contribution in [2.75, 3.05) is 12.0 Å². The number of anilines is 1. The maximum atomic E-state index is 10.9. The van der Waals surface area contributed by atoms with Gasteiger partial charge in [-0.3, -0.25) is 0 Å². The van der Waals surface area contributed by atoms with E-state index in [4.69, 9.17) is 4.74 Å². The number of hydrogen-bond donors (Lipinski definition) is 1. The molecule has 1 atom stereocenters. The number of rotatable bonds is 4. The summed E-state index contributed by atoms with van der Waals surface area (Å²) in [6.07, 6.45) is -0.661. The molecule has 4 rings (SSSR count). The van der Waals surface area contributed by atoms with E-state index in [2.05, 4.69) is 35.2 Å². The van der Waals surface area contributed by atoms with Gasteiger partial charge in [0.15, 0.2) is 0 Å². The molecule has 0 fully saturated rings. The van der Waals surface area contributed by atoms with E-state index in [0.29, 0.717) is 0 Å². The molecule has 3 aromatic rings. The van der Waals surface area contributed by atoms with E-state index in [1.165, 1.54) is 11.1 Å². The van der Waals surface area contributed by atoms with Gasteiger partial charge in [-0.1, -0.05) is 54.6 Å². The first-order chi connectivity index (χ1) is 12.3. The molecule has 0 radical (unpaired) electrons. The molecule has 1 heterocycles. The minimum Gasteiger partial charge on any atom is -0.497 e. The summed E-state index contributed by atoms with van der Waals surface area (Å²) < 4.78 is 5.21. The predicted molar refractivity (Wildman–Crippen MR) is 99.8 cm³/mol. The Bertz CT molecular complexity index is 848. The van der Waals surface area contributed by atoms with Gasteiger partial charge in [-0.2, -0.15) is 0 Å². The minimum absolute atomic E-state index is 0.661. The highest BCUT2D eigenvalue weighted by Crippen LogP contribution is 2.35. The molecule has 0 saturated heterocycles. The van der Waals surface area contributed by atoms with Crippen LogP contribution in [0.1, 0.15) is 28.4 Å². The Morgan fingerprint density at radius 2 is 1.44 bits per heavy atom. The average Bonchev–Trinajstić information content (AvgIpc) is 3.11. The first-order valence-corrected chi connectivity index (χ1v) is 8.49. The quantitative estimate of drug-likeness (QED) is 0.774. The standard InChI is InChI=1S/C22H21NO2/c1-25-19-12-10-16(11-13-19)22(24)20-8-4-5-9-21(20)23-14-17-6-2-3-7-18(17)15-23/h2-13,22,24H,14-15H2,1H3. The first kappa shape index (κ1) is 15.7. The summed E-state index contributed by atoms with van der Waals surface area (Å²) in [6, 6.07) is 24.2. The minimum atomic E-state index is -0.661. The highest BCUT2D eigenvalue weighted by molar-refractivity contribution is 5.59. The van der Waals surface area contributed by atoms with Crippen molar-refractivity contribution in [2.24, 2.45) is 0 Å². The van der Waals surface area contributed by atoms with Gasteiger partial charge in [0.25, 0.3) is 0 Å². The van der Waals surface area contributed by atoms with Crippen LogP contribution in [0, 0.1) is 0 Å². The lowest BCUT2D eigenvalue weighted by molar-refractivity contribution is 0.220. The highest BCUT2D eigenvalue weighted by Gasteiger charge is 2.23. The van der Waals surface area contributed by atoms with Crippen LogP contribution in [0.3, 0.4) is 0 Å². The van der Waals surface area contributed by atoms with Crippen molar-refractivity contribution in [1.29, 1.82) is 0 Å². The van der Waals surface area contributed by atoms with Crippen LogP contribution in [0.2, 0.25) is 0 Å². The van der Waals surface area contributed by atoms with Crippen molar-refractivity contribution in [2.45, 2.75) is 19.2 Å². The highest BCUT2D eigenvalue weighted by atomic mass is 16.5. The van der Waals surface area contributed by atoms with Crippen molar-refractivity contribution in [1.82, 2.24) is 0 Å². The predicted octanol–water partition coefficient (Wildman–Crippen LogP) is 4.30. The molecule has 0 aliphatic carbocycles. The van der Waals surface area contributed by atoms with Gasteiger partial charge in [-0.25, -0.2) is 0 Å². The molecule has 25 heavy (non-hydrogen) atoms. The molecular weight excluding hydrogens is 310 g/mol. The Labute approximate surface area is 148 Å². The van der Waals surface area contributed by atoms with Crippen LogP contribution in [-0.2, 0) is 13.1 Å². The van der Waals surface area contributed by atoms with Crippen LogP contribution in [0.25, 0.3) is 0 Å². The van der Waals surface area contributed by atoms with Gasteiger partial charge in [0.1, 0.15) is 11.9 Å². The summed E-state index contributed by atoms with van der Waals surface area (Å²) in [6.45, 7) is 1.75. The maximum Gasteiger partial charge on any atom is 0.118 e. The number of nitrogens with zero attached hydrogens (tertiary/aromatic N) is 1. The number of methoxy groups -OCH3 is 1. The van der Waals surface area contributed by atoms with Crippen LogP contribution in [0.5, 0.6) is 5.75 Å². The number of aliphatic hydroxyl groups is 1. The van der Waals surface area contributed by atoms with Crippen LogP contribution in [0.4, 0.5) is 5.69 Å². The zero-order valence-corrected chi connectivity index (χ0v) is 14.2. The molecule has 0 bridgehead atoms. The maximum absolute atomic E-state index is 10.9. The van der Waals surface area contributed by atoms with Gasteiger partial charge in [-0.05, 0) is 34.9 Å². The van der Waals surface area contributed by atoms with Crippen LogP contribution in [0.15, 0.2) is 72.8 Å². The topological polar surface area (TPSA) is 32.7 Å². The van der Waals surface area contributed by atoms with E-state index in [-0.39, 0.29) is 0 Å². The molecular formula is C22H21NO2. The van der Waals surface area contributed by atoms with Gasteiger partial charge in [0.2, 0.25) is 0 Å². The van der Waals surface area contributed by atoms with E-state index >= 15 is 0 Å². The van der Waals surface area contributed by atoms with E-state index in [0.717, 1.165) is 35.7 Å².